The van der Waals surface area contributed by atoms with E-state index in [-0.39, 0.29) is 31.4 Å². The molecule has 1 fully saturated rings. The molecule has 0 aromatic rings. The summed E-state index contributed by atoms with van der Waals surface area (Å²) in [5.74, 6) is -1.43. The number of aliphatic carboxylic acids is 1. The number of amides is 3. The SMILES string of the molecule is CC1OCCC1NC(=O)NC(=O)CCCC(=O)O. The van der Waals surface area contributed by atoms with Crippen LogP contribution in [0.1, 0.15) is 32.6 Å². The second kappa shape index (κ2) is 6.95. The molecule has 7 nitrogen and oxygen atoms in total. The van der Waals surface area contributed by atoms with Crippen LogP contribution < -0.4 is 10.6 Å². The Morgan fingerprint density at radius 2 is 2.06 bits per heavy atom. The predicted molar refractivity (Wildman–Crippen MR) is 62.0 cm³/mol. The van der Waals surface area contributed by atoms with Gasteiger partial charge < -0.3 is 15.2 Å². The number of urea groups is 1. The van der Waals surface area contributed by atoms with Gasteiger partial charge in [0.15, 0.2) is 0 Å². The standard InChI is InChI=1S/C11H18N2O5/c1-7-8(5-6-18-7)12-11(17)13-9(14)3-2-4-10(15)16/h7-8H,2-6H2,1H3,(H,15,16)(H2,12,13,14,17). The first kappa shape index (κ1) is 14.4. The number of imide groups is 1. The zero-order valence-electron chi connectivity index (χ0n) is 10.3. The summed E-state index contributed by atoms with van der Waals surface area (Å²) >= 11 is 0. The largest absolute Gasteiger partial charge is 0.481 e. The fraction of sp³-hybridized carbons (Fsp3) is 0.727. The van der Waals surface area contributed by atoms with Crippen molar-refractivity contribution in [3.05, 3.63) is 0 Å². The normalized spacial score (nSPS) is 22.5. The van der Waals surface area contributed by atoms with Crippen molar-refractivity contribution < 1.29 is 24.2 Å². The van der Waals surface area contributed by atoms with Gasteiger partial charge in [-0.2, -0.15) is 0 Å². The highest BCUT2D eigenvalue weighted by atomic mass is 16.5. The topological polar surface area (TPSA) is 105 Å². The van der Waals surface area contributed by atoms with E-state index in [0.29, 0.717) is 6.61 Å². The van der Waals surface area contributed by atoms with Gasteiger partial charge in [0.2, 0.25) is 5.91 Å². The molecule has 3 amide bonds. The lowest BCUT2D eigenvalue weighted by atomic mass is 10.2. The summed E-state index contributed by atoms with van der Waals surface area (Å²) in [6.45, 7) is 2.45. The Morgan fingerprint density at radius 3 is 2.61 bits per heavy atom. The summed E-state index contributed by atoms with van der Waals surface area (Å²) in [6.07, 6.45) is 0.830. The molecule has 1 aliphatic rings. The molecular weight excluding hydrogens is 240 g/mol. The number of nitrogens with one attached hydrogen (secondary N) is 2. The molecule has 3 N–H and O–H groups in total. The number of carbonyl (C=O) groups excluding carboxylic acids is 2. The van der Waals surface area contributed by atoms with Crippen molar-refractivity contribution >= 4 is 17.9 Å². The van der Waals surface area contributed by atoms with Crippen LogP contribution in [0, 0.1) is 0 Å². The highest BCUT2D eigenvalue weighted by Gasteiger charge is 2.25. The number of rotatable bonds is 5. The molecule has 0 aliphatic carbocycles. The van der Waals surface area contributed by atoms with Gasteiger partial charge in [0.25, 0.3) is 0 Å². The minimum Gasteiger partial charge on any atom is -0.481 e. The maximum Gasteiger partial charge on any atom is 0.321 e. The second-order valence-electron chi connectivity index (χ2n) is 4.24. The third-order valence-electron chi connectivity index (χ3n) is 2.74. The van der Waals surface area contributed by atoms with E-state index >= 15 is 0 Å². The monoisotopic (exact) mass is 258 g/mol. The smallest absolute Gasteiger partial charge is 0.321 e. The van der Waals surface area contributed by atoms with E-state index in [0.717, 1.165) is 6.42 Å². The van der Waals surface area contributed by atoms with Crippen LogP contribution in [0.3, 0.4) is 0 Å². The van der Waals surface area contributed by atoms with Crippen LogP contribution in [-0.2, 0) is 14.3 Å². The van der Waals surface area contributed by atoms with Crippen molar-refractivity contribution in [3.63, 3.8) is 0 Å². The van der Waals surface area contributed by atoms with Crippen molar-refractivity contribution in [2.45, 2.75) is 44.8 Å². The third kappa shape index (κ3) is 5.13. The van der Waals surface area contributed by atoms with E-state index < -0.39 is 17.9 Å². The first-order valence-corrected chi connectivity index (χ1v) is 5.93. The lowest BCUT2D eigenvalue weighted by Gasteiger charge is -2.15. The molecule has 0 bridgehead atoms. The van der Waals surface area contributed by atoms with Crippen molar-refractivity contribution in [1.29, 1.82) is 0 Å². The van der Waals surface area contributed by atoms with Crippen LogP contribution in [0.4, 0.5) is 4.79 Å². The Kier molecular flexibility index (Phi) is 5.57. The minimum absolute atomic E-state index is 0.0242. The molecule has 102 valence electrons. The minimum atomic E-state index is -0.954. The maximum atomic E-state index is 11.4. The van der Waals surface area contributed by atoms with Crippen LogP contribution in [0.15, 0.2) is 0 Å². The molecule has 18 heavy (non-hydrogen) atoms. The second-order valence-corrected chi connectivity index (χ2v) is 4.24. The lowest BCUT2D eigenvalue weighted by Crippen LogP contribution is -2.46. The summed E-state index contributed by atoms with van der Waals surface area (Å²) in [7, 11) is 0. The molecule has 1 rings (SSSR count). The number of hydrogen-bond donors (Lipinski definition) is 3. The van der Waals surface area contributed by atoms with Crippen molar-refractivity contribution in [2.75, 3.05) is 6.61 Å². The molecule has 0 aromatic heterocycles. The van der Waals surface area contributed by atoms with Crippen LogP contribution in [0.25, 0.3) is 0 Å². The third-order valence-corrected chi connectivity index (χ3v) is 2.74. The molecule has 0 radical (unpaired) electrons. The summed E-state index contributed by atoms with van der Waals surface area (Å²) in [5, 5.41) is 13.2. The quantitative estimate of drug-likeness (QED) is 0.655. The Labute approximate surface area is 105 Å². The van der Waals surface area contributed by atoms with Gasteiger partial charge in [-0.05, 0) is 19.8 Å². The first-order valence-electron chi connectivity index (χ1n) is 5.93. The van der Waals surface area contributed by atoms with E-state index in [1.165, 1.54) is 0 Å². The molecule has 0 aromatic carbocycles. The highest BCUT2D eigenvalue weighted by Crippen LogP contribution is 2.12. The van der Waals surface area contributed by atoms with E-state index in [9.17, 15) is 14.4 Å². The molecule has 2 atom stereocenters. The fourth-order valence-electron chi connectivity index (χ4n) is 1.72. The number of carboxylic acid groups (broad SMARTS) is 1. The van der Waals surface area contributed by atoms with Crippen molar-refractivity contribution in [3.8, 4) is 0 Å². The zero-order valence-corrected chi connectivity index (χ0v) is 10.3. The summed E-state index contributed by atoms with van der Waals surface area (Å²) < 4.78 is 5.27. The average molecular weight is 258 g/mol. The van der Waals surface area contributed by atoms with E-state index in [2.05, 4.69) is 10.6 Å². The Bertz CT molecular complexity index is 331. The van der Waals surface area contributed by atoms with Gasteiger partial charge in [-0.15, -0.1) is 0 Å². The molecule has 7 heteroatoms. The van der Waals surface area contributed by atoms with Crippen molar-refractivity contribution in [2.24, 2.45) is 0 Å². The van der Waals surface area contributed by atoms with Crippen LogP contribution >= 0.6 is 0 Å². The van der Waals surface area contributed by atoms with E-state index in [4.69, 9.17) is 9.84 Å². The van der Waals surface area contributed by atoms with Crippen LogP contribution in [0.5, 0.6) is 0 Å². The van der Waals surface area contributed by atoms with Gasteiger partial charge in [-0.1, -0.05) is 0 Å². The molecule has 1 saturated heterocycles. The highest BCUT2D eigenvalue weighted by molar-refractivity contribution is 5.94. The van der Waals surface area contributed by atoms with Crippen molar-refractivity contribution in [1.82, 2.24) is 10.6 Å². The van der Waals surface area contributed by atoms with Gasteiger partial charge in [0.1, 0.15) is 0 Å². The predicted octanol–water partition coefficient (Wildman–Crippen LogP) is 0.245. The molecule has 0 saturated carbocycles. The fourth-order valence-corrected chi connectivity index (χ4v) is 1.72. The Morgan fingerprint density at radius 1 is 1.33 bits per heavy atom. The lowest BCUT2D eigenvalue weighted by molar-refractivity contribution is -0.137. The first-order chi connectivity index (χ1) is 8.49. The van der Waals surface area contributed by atoms with Gasteiger partial charge >= 0.3 is 12.0 Å². The summed E-state index contributed by atoms with van der Waals surface area (Å²) in [4.78, 5) is 33.0. The summed E-state index contributed by atoms with van der Waals surface area (Å²) in [5.41, 5.74) is 0. The van der Waals surface area contributed by atoms with E-state index in [1.54, 1.807) is 0 Å². The molecule has 1 aliphatic heterocycles. The number of ether oxygens (including phenoxy) is 1. The van der Waals surface area contributed by atoms with Gasteiger partial charge in [0.05, 0.1) is 12.1 Å². The van der Waals surface area contributed by atoms with Gasteiger partial charge in [-0.3, -0.25) is 14.9 Å². The Balaban J connectivity index is 2.19. The molecule has 0 spiro atoms. The van der Waals surface area contributed by atoms with Crippen LogP contribution in [0.2, 0.25) is 0 Å². The molecule has 1 heterocycles. The molecule has 2 unspecified atom stereocenters. The van der Waals surface area contributed by atoms with Gasteiger partial charge in [-0.25, -0.2) is 4.79 Å². The number of hydrogen-bond acceptors (Lipinski definition) is 4. The Hall–Kier alpha value is -1.63. The van der Waals surface area contributed by atoms with E-state index in [1.807, 2.05) is 6.92 Å². The zero-order chi connectivity index (χ0) is 13.5. The number of carbonyl (C=O) groups is 3. The average Bonchev–Trinajstić information content (AvgIpc) is 2.63. The van der Waals surface area contributed by atoms with Crippen LogP contribution in [-0.4, -0.2) is 41.8 Å². The van der Waals surface area contributed by atoms with Gasteiger partial charge in [0, 0.05) is 19.4 Å². The number of carboxylic acids is 1. The maximum absolute atomic E-state index is 11.4. The summed E-state index contributed by atoms with van der Waals surface area (Å²) in [6, 6.07) is -0.644. The molecular formula is C11H18N2O5.